The van der Waals surface area contributed by atoms with Crippen molar-refractivity contribution < 1.29 is 14.3 Å². The molecule has 0 bridgehead atoms. The summed E-state index contributed by atoms with van der Waals surface area (Å²) < 4.78 is 9.82. The lowest BCUT2D eigenvalue weighted by molar-refractivity contribution is 0.0602. The van der Waals surface area contributed by atoms with Crippen molar-refractivity contribution in [2.24, 2.45) is 0 Å². The number of hydrogen-bond donors (Lipinski definition) is 1. The van der Waals surface area contributed by atoms with Gasteiger partial charge >= 0.3 is 5.97 Å². The molecule has 1 N–H and O–H groups in total. The Bertz CT molecular complexity index is 647. The van der Waals surface area contributed by atoms with Crippen molar-refractivity contribution in [1.29, 1.82) is 0 Å². The Labute approximate surface area is 127 Å². The number of carbonyl (C=O) groups excluding carboxylic acids is 1. The third-order valence-electron chi connectivity index (χ3n) is 2.84. The Morgan fingerprint density at radius 1 is 1.29 bits per heavy atom. The zero-order chi connectivity index (χ0) is 15.2. The normalized spacial score (nSPS) is 10.0. The molecule has 0 amide bonds. The van der Waals surface area contributed by atoms with E-state index in [-0.39, 0.29) is 0 Å². The van der Waals surface area contributed by atoms with Crippen molar-refractivity contribution in [2.45, 2.75) is 6.54 Å². The maximum atomic E-state index is 11.7. The highest BCUT2D eigenvalue weighted by Crippen LogP contribution is 2.22. The van der Waals surface area contributed by atoms with Crippen LogP contribution in [0.4, 0.5) is 5.69 Å². The van der Waals surface area contributed by atoms with Crippen LogP contribution >= 0.6 is 11.6 Å². The van der Waals surface area contributed by atoms with Gasteiger partial charge in [-0.25, -0.2) is 9.78 Å². The number of rotatable bonds is 5. The molecular formula is C15H15ClN2O3. The van der Waals surface area contributed by atoms with E-state index in [1.165, 1.54) is 7.11 Å². The summed E-state index contributed by atoms with van der Waals surface area (Å²) in [5.74, 6) is 0.0946. The van der Waals surface area contributed by atoms with Crippen molar-refractivity contribution in [3.05, 3.63) is 52.7 Å². The number of ether oxygens (including phenoxy) is 2. The lowest BCUT2D eigenvalue weighted by Gasteiger charge is -2.11. The fourth-order valence-electron chi connectivity index (χ4n) is 1.80. The fourth-order valence-corrected chi connectivity index (χ4v) is 1.98. The number of aromatic nitrogens is 1. The van der Waals surface area contributed by atoms with E-state index < -0.39 is 5.97 Å². The summed E-state index contributed by atoms with van der Waals surface area (Å²) in [7, 11) is 2.89. The second kappa shape index (κ2) is 6.95. The standard InChI is InChI=1S/C15H15ClN2O3/c1-20-14-5-3-4-11(18-14)9-17-13-7-6-10(16)8-12(13)15(19)21-2/h3-8,17H,9H2,1-2H3. The summed E-state index contributed by atoms with van der Waals surface area (Å²) in [5, 5.41) is 3.62. The lowest BCUT2D eigenvalue weighted by atomic mass is 10.1. The minimum atomic E-state index is -0.446. The number of benzene rings is 1. The van der Waals surface area contributed by atoms with E-state index in [9.17, 15) is 4.79 Å². The molecular weight excluding hydrogens is 292 g/mol. The predicted molar refractivity (Wildman–Crippen MR) is 80.9 cm³/mol. The molecule has 0 aliphatic rings. The van der Waals surface area contributed by atoms with E-state index in [4.69, 9.17) is 21.1 Å². The van der Waals surface area contributed by atoms with Crippen LogP contribution in [0.2, 0.25) is 5.02 Å². The van der Waals surface area contributed by atoms with E-state index >= 15 is 0 Å². The maximum Gasteiger partial charge on any atom is 0.340 e. The molecule has 0 fully saturated rings. The van der Waals surface area contributed by atoms with Crippen LogP contribution in [0.15, 0.2) is 36.4 Å². The van der Waals surface area contributed by atoms with Gasteiger partial charge in [0.15, 0.2) is 0 Å². The summed E-state index contributed by atoms with van der Waals surface area (Å²) in [5.41, 5.74) is 1.81. The van der Waals surface area contributed by atoms with Crippen LogP contribution in [-0.2, 0) is 11.3 Å². The second-order valence-electron chi connectivity index (χ2n) is 4.21. The quantitative estimate of drug-likeness (QED) is 0.860. The Morgan fingerprint density at radius 3 is 2.81 bits per heavy atom. The zero-order valence-electron chi connectivity index (χ0n) is 11.7. The number of nitrogens with zero attached hydrogens (tertiary/aromatic N) is 1. The molecule has 2 aromatic rings. The van der Waals surface area contributed by atoms with E-state index in [1.807, 2.05) is 12.1 Å². The first-order chi connectivity index (χ1) is 10.1. The first-order valence-electron chi connectivity index (χ1n) is 6.25. The number of halogens is 1. The van der Waals surface area contributed by atoms with Crippen LogP contribution in [0, 0.1) is 0 Å². The summed E-state index contributed by atoms with van der Waals surface area (Å²) in [4.78, 5) is 16.0. The highest BCUT2D eigenvalue weighted by atomic mass is 35.5. The zero-order valence-corrected chi connectivity index (χ0v) is 12.5. The Kier molecular flexibility index (Phi) is 5.00. The van der Waals surface area contributed by atoms with Gasteiger partial charge in [-0.2, -0.15) is 0 Å². The highest BCUT2D eigenvalue weighted by Gasteiger charge is 2.12. The van der Waals surface area contributed by atoms with Crippen LogP contribution in [-0.4, -0.2) is 25.2 Å². The molecule has 5 nitrogen and oxygen atoms in total. The van der Waals surface area contributed by atoms with Gasteiger partial charge in [0.05, 0.1) is 32.0 Å². The third-order valence-corrected chi connectivity index (χ3v) is 3.07. The second-order valence-corrected chi connectivity index (χ2v) is 4.64. The van der Waals surface area contributed by atoms with Crippen molar-refractivity contribution in [2.75, 3.05) is 19.5 Å². The SMILES string of the molecule is COC(=O)c1cc(Cl)ccc1NCc1cccc(OC)n1. The summed E-state index contributed by atoms with van der Waals surface area (Å²) in [6, 6.07) is 10.5. The molecule has 0 aliphatic carbocycles. The monoisotopic (exact) mass is 306 g/mol. The summed E-state index contributed by atoms with van der Waals surface area (Å²) >= 11 is 5.91. The van der Waals surface area contributed by atoms with Gasteiger partial charge in [0.2, 0.25) is 5.88 Å². The summed E-state index contributed by atoms with van der Waals surface area (Å²) in [6.07, 6.45) is 0. The van der Waals surface area contributed by atoms with Crippen LogP contribution < -0.4 is 10.1 Å². The van der Waals surface area contributed by atoms with E-state index in [0.29, 0.717) is 28.7 Å². The molecule has 0 atom stereocenters. The number of carbonyl (C=O) groups is 1. The van der Waals surface area contributed by atoms with Gasteiger partial charge in [-0.15, -0.1) is 0 Å². The molecule has 0 radical (unpaired) electrons. The average Bonchev–Trinajstić information content (AvgIpc) is 2.53. The van der Waals surface area contributed by atoms with Crippen molar-refractivity contribution >= 4 is 23.3 Å². The topological polar surface area (TPSA) is 60.5 Å². The average molecular weight is 307 g/mol. The first-order valence-corrected chi connectivity index (χ1v) is 6.63. The lowest BCUT2D eigenvalue weighted by Crippen LogP contribution is -2.09. The molecule has 6 heteroatoms. The molecule has 0 saturated heterocycles. The molecule has 0 aliphatic heterocycles. The molecule has 0 saturated carbocycles. The Morgan fingerprint density at radius 2 is 2.10 bits per heavy atom. The number of hydrogen-bond acceptors (Lipinski definition) is 5. The first kappa shape index (κ1) is 15.1. The van der Waals surface area contributed by atoms with Crippen molar-refractivity contribution in [3.8, 4) is 5.88 Å². The minimum absolute atomic E-state index is 0.382. The molecule has 2 rings (SSSR count). The van der Waals surface area contributed by atoms with Gasteiger partial charge < -0.3 is 14.8 Å². The fraction of sp³-hybridized carbons (Fsp3) is 0.200. The van der Waals surface area contributed by atoms with E-state index in [0.717, 1.165) is 5.69 Å². The van der Waals surface area contributed by atoms with Crippen LogP contribution in [0.5, 0.6) is 5.88 Å². The minimum Gasteiger partial charge on any atom is -0.481 e. The molecule has 110 valence electrons. The van der Waals surface area contributed by atoms with E-state index in [1.54, 1.807) is 31.4 Å². The molecule has 0 unspecified atom stereocenters. The Balaban J connectivity index is 2.17. The smallest absolute Gasteiger partial charge is 0.340 e. The van der Waals surface area contributed by atoms with Gasteiger partial charge in [-0.05, 0) is 24.3 Å². The van der Waals surface area contributed by atoms with E-state index in [2.05, 4.69) is 10.3 Å². The summed E-state index contributed by atoms with van der Waals surface area (Å²) in [6.45, 7) is 0.447. The molecule has 21 heavy (non-hydrogen) atoms. The highest BCUT2D eigenvalue weighted by molar-refractivity contribution is 6.31. The number of methoxy groups -OCH3 is 2. The maximum absolute atomic E-state index is 11.7. The number of nitrogens with one attached hydrogen (secondary N) is 1. The molecule has 1 aromatic heterocycles. The molecule has 1 heterocycles. The van der Waals surface area contributed by atoms with Gasteiger partial charge in [-0.3, -0.25) is 0 Å². The van der Waals surface area contributed by atoms with Gasteiger partial charge in [0.25, 0.3) is 0 Å². The Hall–Kier alpha value is -2.27. The number of anilines is 1. The molecule has 0 spiro atoms. The molecule has 1 aromatic carbocycles. The number of pyridine rings is 1. The van der Waals surface area contributed by atoms with Crippen LogP contribution in [0.25, 0.3) is 0 Å². The largest absolute Gasteiger partial charge is 0.481 e. The van der Waals surface area contributed by atoms with Gasteiger partial charge in [-0.1, -0.05) is 17.7 Å². The van der Waals surface area contributed by atoms with Crippen LogP contribution in [0.3, 0.4) is 0 Å². The van der Waals surface area contributed by atoms with Crippen molar-refractivity contribution in [3.63, 3.8) is 0 Å². The third kappa shape index (κ3) is 3.86. The predicted octanol–water partition coefficient (Wildman–Crippen LogP) is 3.14. The van der Waals surface area contributed by atoms with Gasteiger partial charge in [0.1, 0.15) is 0 Å². The number of esters is 1. The van der Waals surface area contributed by atoms with Crippen LogP contribution in [0.1, 0.15) is 16.1 Å². The van der Waals surface area contributed by atoms with Crippen molar-refractivity contribution in [1.82, 2.24) is 4.98 Å². The van der Waals surface area contributed by atoms with Gasteiger partial charge in [0, 0.05) is 16.8 Å².